The first-order valence-electron chi connectivity index (χ1n) is 4.75. The van der Waals surface area contributed by atoms with Crippen molar-refractivity contribution in [3.8, 4) is 0 Å². The predicted octanol–water partition coefficient (Wildman–Crippen LogP) is 3.16. The molecule has 4 heteroatoms. The Hall–Kier alpha value is -0.120. The van der Waals surface area contributed by atoms with Crippen molar-refractivity contribution < 1.29 is 4.42 Å². The van der Waals surface area contributed by atoms with Crippen LogP contribution in [-0.2, 0) is 5.75 Å². The summed E-state index contributed by atoms with van der Waals surface area (Å²) in [5, 5.41) is 3.74. The van der Waals surface area contributed by atoms with E-state index in [1.54, 1.807) is 6.07 Å². The maximum Gasteiger partial charge on any atom is 0.193 e. The van der Waals surface area contributed by atoms with Gasteiger partial charge in [0.05, 0.1) is 5.75 Å². The van der Waals surface area contributed by atoms with Gasteiger partial charge in [-0.15, -0.1) is 0 Å². The van der Waals surface area contributed by atoms with Gasteiger partial charge in [0.15, 0.2) is 5.22 Å². The highest BCUT2D eigenvalue weighted by Gasteiger charge is 2.04. The average Bonchev–Trinajstić information content (AvgIpc) is 2.59. The third kappa shape index (κ3) is 3.95. The van der Waals surface area contributed by atoms with Crippen LogP contribution in [0.1, 0.15) is 19.1 Å². The van der Waals surface area contributed by atoms with Crippen LogP contribution in [0.15, 0.2) is 16.5 Å². The lowest BCUT2D eigenvalue weighted by Crippen LogP contribution is -2.26. The van der Waals surface area contributed by atoms with Gasteiger partial charge in [-0.2, -0.15) is 11.8 Å². The molecule has 2 nitrogen and oxygen atoms in total. The molecule has 0 spiro atoms. The minimum absolute atomic E-state index is 0.473. The molecule has 1 unspecified atom stereocenters. The summed E-state index contributed by atoms with van der Waals surface area (Å²) in [4.78, 5) is 0. The molecule has 1 aromatic rings. The fourth-order valence-electron chi connectivity index (χ4n) is 1.14. The number of halogens is 1. The Morgan fingerprint density at radius 2 is 2.36 bits per heavy atom. The molecule has 1 atom stereocenters. The van der Waals surface area contributed by atoms with Crippen molar-refractivity contribution in [3.63, 3.8) is 0 Å². The molecule has 0 saturated heterocycles. The molecular formula is C10H16ClNOS. The molecule has 14 heavy (non-hydrogen) atoms. The lowest BCUT2D eigenvalue weighted by Gasteiger charge is -2.11. The van der Waals surface area contributed by atoms with E-state index in [0.29, 0.717) is 11.3 Å². The third-order valence-corrected chi connectivity index (χ3v) is 3.42. The molecule has 0 saturated carbocycles. The summed E-state index contributed by atoms with van der Waals surface area (Å²) in [7, 11) is 2.00. The van der Waals surface area contributed by atoms with Gasteiger partial charge in [0.1, 0.15) is 5.76 Å². The van der Waals surface area contributed by atoms with Gasteiger partial charge >= 0.3 is 0 Å². The Morgan fingerprint density at radius 1 is 1.57 bits per heavy atom. The smallest absolute Gasteiger partial charge is 0.193 e. The second kappa shape index (κ2) is 6.38. The van der Waals surface area contributed by atoms with E-state index in [1.165, 1.54) is 0 Å². The second-order valence-corrected chi connectivity index (χ2v) is 4.52. The molecular weight excluding hydrogens is 218 g/mol. The van der Waals surface area contributed by atoms with Crippen molar-refractivity contribution >= 4 is 23.4 Å². The maximum atomic E-state index is 5.67. The second-order valence-electron chi connectivity index (χ2n) is 3.11. The molecule has 0 aliphatic rings. The molecule has 0 aromatic carbocycles. The zero-order chi connectivity index (χ0) is 10.4. The Balaban J connectivity index is 2.21. The molecule has 0 fully saturated rings. The zero-order valence-corrected chi connectivity index (χ0v) is 10.1. The number of furan rings is 1. The van der Waals surface area contributed by atoms with Crippen LogP contribution < -0.4 is 5.32 Å². The first-order chi connectivity index (χ1) is 6.76. The highest BCUT2D eigenvalue weighted by molar-refractivity contribution is 7.98. The molecule has 1 aromatic heterocycles. The summed E-state index contributed by atoms with van der Waals surface area (Å²) in [5.41, 5.74) is 0. The SMILES string of the molecule is CCC(CSCc1ccc(Cl)o1)NC. The number of nitrogens with one attached hydrogen (secondary N) is 1. The lowest BCUT2D eigenvalue weighted by molar-refractivity contribution is 0.532. The van der Waals surface area contributed by atoms with Crippen LogP contribution in [-0.4, -0.2) is 18.8 Å². The number of rotatable bonds is 6. The van der Waals surface area contributed by atoms with Crippen LogP contribution in [0.25, 0.3) is 0 Å². The van der Waals surface area contributed by atoms with E-state index in [0.717, 1.165) is 23.7 Å². The van der Waals surface area contributed by atoms with Gasteiger partial charge in [0, 0.05) is 11.8 Å². The Labute approximate surface area is 94.4 Å². The normalized spacial score (nSPS) is 13.1. The van der Waals surface area contributed by atoms with Crippen LogP contribution in [0.2, 0.25) is 5.22 Å². The predicted molar refractivity (Wildman–Crippen MR) is 63.0 cm³/mol. The number of hydrogen-bond acceptors (Lipinski definition) is 3. The van der Waals surface area contributed by atoms with E-state index in [4.69, 9.17) is 16.0 Å². The Morgan fingerprint density at radius 3 is 2.86 bits per heavy atom. The van der Waals surface area contributed by atoms with Crippen molar-refractivity contribution in [3.05, 3.63) is 23.1 Å². The van der Waals surface area contributed by atoms with Crippen LogP contribution in [0.5, 0.6) is 0 Å². The molecule has 0 radical (unpaired) electrons. The van der Waals surface area contributed by atoms with Crippen molar-refractivity contribution in [1.29, 1.82) is 0 Å². The minimum atomic E-state index is 0.473. The quantitative estimate of drug-likeness (QED) is 0.817. The standard InChI is InChI=1S/C10H16ClNOS/c1-3-8(12-2)6-14-7-9-4-5-10(11)13-9/h4-5,8,12H,3,6-7H2,1-2H3. The van der Waals surface area contributed by atoms with Gasteiger partial charge in [-0.1, -0.05) is 6.92 Å². The van der Waals surface area contributed by atoms with Gasteiger partial charge < -0.3 is 9.73 Å². The average molecular weight is 234 g/mol. The fraction of sp³-hybridized carbons (Fsp3) is 0.600. The molecule has 1 heterocycles. The first-order valence-corrected chi connectivity index (χ1v) is 6.28. The van der Waals surface area contributed by atoms with E-state index >= 15 is 0 Å². The van der Waals surface area contributed by atoms with E-state index in [1.807, 2.05) is 24.9 Å². The topological polar surface area (TPSA) is 25.2 Å². The van der Waals surface area contributed by atoms with Gasteiger partial charge in [-0.05, 0) is 37.2 Å². The fourth-order valence-corrected chi connectivity index (χ4v) is 2.46. The molecule has 0 amide bonds. The van der Waals surface area contributed by atoms with E-state index in [-0.39, 0.29) is 0 Å². The summed E-state index contributed by atoms with van der Waals surface area (Å²) in [5.74, 6) is 2.95. The summed E-state index contributed by atoms with van der Waals surface area (Å²) in [6.45, 7) is 2.19. The van der Waals surface area contributed by atoms with E-state index < -0.39 is 0 Å². The monoisotopic (exact) mass is 233 g/mol. The molecule has 0 aliphatic carbocycles. The molecule has 80 valence electrons. The van der Waals surface area contributed by atoms with Crippen LogP contribution >= 0.6 is 23.4 Å². The summed E-state index contributed by atoms with van der Waals surface area (Å²) in [6, 6.07) is 4.30. The maximum absolute atomic E-state index is 5.67. The van der Waals surface area contributed by atoms with Crippen molar-refractivity contribution in [1.82, 2.24) is 5.32 Å². The summed E-state index contributed by atoms with van der Waals surface area (Å²) in [6.07, 6.45) is 1.16. The van der Waals surface area contributed by atoms with Crippen molar-refractivity contribution in [2.75, 3.05) is 12.8 Å². The van der Waals surface area contributed by atoms with Gasteiger partial charge in [-0.25, -0.2) is 0 Å². The van der Waals surface area contributed by atoms with Gasteiger partial charge in [-0.3, -0.25) is 0 Å². The summed E-state index contributed by atoms with van der Waals surface area (Å²) >= 11 is 7.53. The van der Waals surface area contributed by atoms with E-state index in [9.17, 15) is 0 Å². The first kappa shape index (κ1) is 12.0. The minimum Gasteiger partial charge on any atom is -0.449 e. The lowest BCUT2D eigenvalue weighted by atomic mass is 10.3. The molecule has 1 rings (SSSR count). The third-order valence-electron chi connectivity index (χ3n) is 2.09. The highest BCUT2D eigenvalue weighted by atomic mass is 35.5. The van der Waals surface area contributed by atoms with Crippen LogP contribution in [0.3, 0.4) is 0 Å². The molecule has 1 N–H and O–H groups in total. The Kier molecular flexibility index (Phi) is 5.45. The number of thioether (sulfide) groups is 1. The van der Waals surface area contributed by atoms with Gasteiger partial charge in [0.25, 0.3) is 0 Å². The zero-order valence-electron chi connectivity index (χ0n) is 8.55. The summed E-state index contributed by atoms with van der Waals surface area (Å²) < 4.78 is 5.26. The van der Waals surface area contributed by atoms with Gasteiger partial charge in [0.2, 0.25) is 0 Å². The number of hydrogen-bond donors (Lipinski definition) is 1. The van der Waals surface area contributed by atoms with Crippen LogP contribution in [0, 0.1) is 0 Å². The van der Waals surface area contributed by atoms with Crippen molar-refractivity contribution in [2.45, 2.75) is 25.1 Å². The van der Waals surface area contributed by atoms with Crippen LogP contribution in [0.4, 0.5) is 0 Å². The highest BCUT2D eigenvalue weighted by Crippen LogP contribution is 2.19. The van der Waals surface area contributed by atoms with E-state index in [2.05, 4.69) is 12.2 Å². The largest absolute Gasteiger partial charge is 0.449 e. The molecule has 0 bridgehead atoms. The molecule has 0 aliphatic heterocycles. The Bertz CT molecular complexity index is 260. The van der Waals surface area contributed by atoms with Crippen molar-refractivity contribution in [2.24, 2.45) is 0 Å².